The minimum Gasteiger partial charge on any atom is -0.392 e. The molecule has 0 amide bonds. The van der Waals surface area contributed by atoms with E-state index in [9.17, 15) is 5.11 Å². The largest absolute Gasteiger partial charge is 0.392 e. The second-order valence-electron chi connectivity index (χ2n) is 4.28. The number of rotatable bonds is 3. The maximum absolute atomic E-state index is 9.40. The van der Waals surface area contributed by atoms with E-state index in [0.29, 0.717) is 0 Å². The Hall–Kier alpha value is -0.0800. The molecule has 0 bridgehead atoms. The molecule has 1 saturated heterocycles. The number of aliphatic hydroxyl groups excluding tert-OH is 1. The third-order valence-electron chi connectivity index (χ3n) is 2.50. The van der Waals surface area contributed by atoms with Crippen molar-refractivity contribution in [2.24, 2.45) is 5.92 Å². The molecular weight excluding hydrogens is 198 g/mol. The number of β-amino-alcohol motifs (C(OH)–C–C–N with tert-alkyl or cyclic N) is 1. The normalized spacial score (nSPS) is 20.6. The quantitative estimate of drug-likeness (QED) is 0.803. The van der Waals surface area contributed by atoms with E-state index in [1.54, 1.807) is 0 Å². The van der Waals surface area contributed by atoms with E-state index in [4.69, 9.17) is 0 Å². The number of hydrogen-bond acceptors (Lipinski definition) is 2. The lowest BCUT2D eigenvalue weighted by molar-refractivity contribution is 0.0683. The molecule has 2 nitrogen and oxygen atoms in total. The van der Waals surface area contributed by atoms with Gasteiger partial charge in [0, 0.05) is 6.54 Å². The summed E-state index contributed by atoms with van der Waals surface area (Å²) in [6.07, 6.45) is 3.36. The molecule has 1 N–H and O–H groups in total. The van der Waals surface area contributed by atoms with Crippen LogP contribution in [0.25, 0.3) is 0 Å². The van der Waals surface area contributed by atoms with E-state index in [2.05, 4.69) is 18.7 Å². The fourth-order valence-corrected chi connectivity index (χ4v) is 1.68. The molecule has 0 aliphatic carbocycles. The molecule has 1 unspecified atom stereocenters. The molecule has 1 heterocycles. The Bertz CT molecular complexity index is 126. The molecule has 1 aliphatic heterocycles. The van der Waals surface area contributed by atoms with Crippen molar-refractivity contribution in [3.8, 4) is 0 Å². The second-order valence-corrected chi connectivity index (χ2v) is 4.28. The van der Waals surface area contributed by atoms with Crippen LogP contribution >= 0.6 is 0 Å². The highest BCUT2D eigenvalue weighted by Crippen LogP contribution is 2.11. The molecule has 0 saturated carbocycles. The summed E-state index contributed by atoms with van der Waals surface area (Å²) in [5.74, 6) is 0.782. The number of aliphatic hydroxyl groups is 1. The van der Waals surface area contributed by atoms with E-state index >= 15 is 0 Å². The van der Waals surface area contributed by atoms with Crippen molar-refractivity contribution in [3.05, 3.63) is 0 Å². The number of nitrogens with zero attached hydrogens (tertiary/aromatic N) is 1. The maximum atomic E-state index is 9.40. The molecule has 0 radical (unpaired) electrons. The van der Waals surface area contributed by atoms with Crippen LogP contribution in [-0.4, -0.2) is 35.7 Å². The van der Waals surface area contributed by atoms with Gasteiger partial charge >= 0.3 is 0 Å². The fourth-order valence-electron chi connectivity index (χ4n) is 1.68. The van der Waals surface area contributed by atoms with Gasteiger partial charge in [-0.05, 0) is 38.3 Å². The van der Waals surface area contributed by atoms with Gasteiger partial charge in [0.25, 0.3) is 0 Å². The molecule has 1 aliphatic rings. The van der Waals surface area contributed by atoms with Crippen LogP contribution in [-0.2, 0) is 0 Å². The molecule has 0 aromatic heterocycles. The molecule has 100 valence electrons. The standard InChI is InChI=1S/C10H21NO.2C2H6/c1-9(2)5-7-11-6-3-4-10(12)8-11;2*1-2/h9-10,12H,3-8H2,1-2H3;2*1-2H3. The van der Waals surface area contributed by atoms with Crippen LogP contribution in [0.2, 0.25) is 0 Å². The maximum Gasteiger partial charge on any atom is 0.0667 e. The first-order valence-corrected chi connectivity index (χ1v) is 7.09. The molecule has 16 heavy (non-hydrogen) atoms. The van der Waals surface area contributed by atoms with Crippen molar-refractivity contribution >= 4 is 0 Å². The lowest BCUT2D eigenvalue weighted by atomic mass is 10.1. The molecule has 1 rings (SSSR count). The van der Waals surface area contributed by atoms with E-state index in [-0.39, 0.29) is 6.10 Å². The van der Waals surface area contributed by atoms with Gasteiger partial charge < -0.3 is 10.0 Å². The van der Waals surface area contributed by atoms with E-state index in [0.717, 1.165) is 25.4 Å². The Labute approximate surface area is 103 Å². The summed E-state index contributed by atoms with van der Waals surface area (Å²) >= 11 is 0. The Morgan fingerprint density at radius 1 is 1.19 bits per heavy atom. The van der Waals surface area contributed by atoms with Gasteiger partial charge in [-0.2, -0.15) is 0 Å². The van der Waals surface area contributed by atoms with Gasteiger partial charge in [-0.1, -0.05) is 41.5 Å². The zero-order valence-electron chi connectivity index (χ0n) is 12.3. The van der Waals surface area contributed by atoms with Crippen LogP contribution in [0.4, 0.5) is 0 Å². The highest BCUT2D eigenvalue weighted by atomic mass is 16.3. The molecular formula is C14H33NO. The average Bonchev–Trinajstić information content (AvgIpc) is 2.32. The van der Waals surface area contributed by atoms with Crippen LogP contribution in [0.5, 0.6) is 0 Å². The minimum atomic E-state index is -0.0640. The van der Waals surface area contributed by atoms with Crippen LogP contribution < -0.4 is 0 Å². The average molecular weight is 231 g/mol. The van der Waals surface area contributed by atoms with Gasteiger partial charge in [-0.25, -0.2) is 0 Å². The Morgan fingerprint density at radius 2 is 1.75 bits per heavy atom. The SMILES string of the molecule is CC.CC.CC(C)CCN1CCCC(O)C1. The Balaban J connectivity index is 0. The summed E-state index contributed by atoms with van der Waals surface area (Å²) in [7, 11) is 0. The summed E-state index contributed by atoms with van der Waals surface area (Å²) in [4.78, 5) is 2.38. The van der Waals surface area contributed by atoms with Crippen LogP contribution in [0.1, 0.15) is 60.8 Å². The first-order valence-electron chi connectivity index (χ1n) is 7.09. The van der Waals surface area contributed by atoms with Crippen molar-refractivity contribution in [1.82, 2.24) is 4.90 Å². The van der Waals surface area contributed by atoms with Crippen LogP contribution in [0.3, 0.4) is 0 Å². The second kappa shape index (κ2) is 13.0. The molecule has 0 spiro atoms. The van der Waals surface area contributed by atoms with Gasteiger partial charge in [0.2, 0.25) is 0 Å². The third-order valence-corrected chi connectivity index (χ3v) is 2.50. The highest BCUT2D eigenvalue weighted by molar-refractivity contribution is 4.71. The first kappa shape index (κ1) is 18.3. The lowest BCUT2D eigenvalue weighted by Crippen LogP contribution is -2.39. The van der Waals surface area contributed by atoms with Crippen LogP contribution in [0, 0.1) is 5.92 Å². The molecule has 1 fully saturated rings. The van der Waals surface area contributed by atoms with Crippen molar-refractivity contribution in [3.63, 3.8) is 0 Å². The van der Waals surface area contributed by atoms with Crippen molar-refractivity contribution in [2.75, 3.05) is 19.6 Å². The Morgan fingerprint density at radius 3 is 2.19 bits per heavy atom. The summed E-state index contributed by atoms with van der Waals surface area (Å²) in [6, 6.07) is 0. The Kier molecular flexibility index (Phi) is 14.8. The molecule has 0 aromatic rings. The predicted octanol–water partition coefficient (Wildman–Crippen LogP) is 3.54. The summed E-state index contributed by atoms with van der Waals surface area (Å²) in [5, 5.41) is 9.40. The van der Waals surface area contributed by atoms with Gasteiger partial charge in [0.15, 0.2) is 0 Å². The molecule has 1 atom stereocenters. The molecule has 0 aromatic carbocycles. The van der Waals surface area contributed by atoms with Crippen LogP contribution in [0.15, 0.2) is 0 Å². The van der Waals surface area contributed by atoms with Gasteiger partial charge in [0.05, 0.1) is 6.10 Å². The summed E-state index contributed by atoms with van der Waals surface area (Å²) in [5.41, 5.74) is 0. The van der Waals surface area contributed by atoms with Gasteiger partial charge in [-0.3, -0.25) is 0 Å². The lowest BCUT2D eigenvalue weighted by Gasteiger charge is -2.30. The number of likely N-dealkylation sites (tertiary alicyclic amines) is 1. The van der Waals surface area contributed by atoms with E-state index in [1.807, 2.05) is 27.7 Å². The van der Waals surface area contributed by atoms with Gasteiger partial charge in [0.1, 0.15) is 0 Å². The smallest absolute Gasteiger partial charge is 0.0667 e. The van der Waals surface area contributed by atoms with E-state index in [1.165, 1.54) is 19.4 Å². The molecule has 2 heteroatoms. The van der Waals surface area contributed by atoms with Crippen molar-refractivity contribution in [2.45, 2.75) is 66.9 Å². The third kappa shape index (κ3) is 10.4. The number of hydrogen-bond donors (Lipinski definition) is 1. The predicted molar refractivity (Wildman–Crippen MR) is 73.8 cm³/mol. The zero-order chi connectivity index (χ0) is 13.0. The van der Waals surface area contributed by atoms with E-state index < -0.39 is 0 Å². The zero-order valence-corrected chi connectivity index (χ0v) is 12.3. The highest BCUT2D eigenvalue weighted by Gasteiger charge is 2.16. The fraction of sp³-hybridized carbons (Fsp3) is 1.00. The summed E-state index contributed by atoms with van der Waals surface area (Å²) in [6.45, 7) is 15.7. The van der Waals surface area contributed by atoms with Gasteiger partial charge in [-0.15, -0.1) is 0 Å². The van der Waals surface area contributed by atoms with Crippen molar-refractivity contribution in [1.29, 1.82) is 0 Å². The monoisotopic (exact) mass is 231 g/mol. The van der Waals surface area contributed by atoms with Crippen molar-refractivity contribution < 1.29 is 5.11 Å². The minimum absolute atomic E-state index is 0.0640. The topological polar surface area (TPSA) is 23.5 Å². The number of piperidine rings is 1. The summed E-state index contributed by atoms with van der Waals surface area (Å²) < 4.78 is 0. The first-order chi connectivity index (χ1) is 7.68.